The molecule has 0 N–H and O–H groups in total. The van der Waals surface area contributed by atoms with E-state index in [9.17, 15) is 0 Å². The third-order valence-corrected chi connectivity index (χ3v) is 13.1. The van der Waals surface area contributed by atoms with Crippen LogP contribution in [0.1, 0.15) is 25.0 Å². The van der Waals surface area contributed by atoms with E-state index in [0.717, 1.165) is 72.3 Å². The van der Waals surface area contributed by atoms with Gasteiger partial charge in [0.1, 0.15) is 11.2 Å². The summed E-state index contributed by atoms with van der Waals surface area (Å²) in [6.45, 7) is 4.65. The van der Waals surface area contributed by atoms with Crippen molar-refractivity contribution in [2.45, 2.75) is 19.3 Å². The van der Waals surface area contributed by atoms with Crippen molar-refractivity contribution in [3.63, 3.8) is 0 Å². The lowest BCUT2D eigenvalue weighted by atomic mass is 9.82. The maximum Gasteiger partial charge on any atom is 0.160 e. The molecule has 3 nitrogen and oxygen atoms in total. The molecule has 2 heterocycles. The Morgan fingerprint density at radius 3 is 1.62 bits per heavy atom. The van der Waals surface area contributed by atoms with Gasteiger partial charge >= 0.3 is 0 Å². The zero-order valence-electron chi connectivity index (χ0n) is 35.6. The fraction of sp³-hybridized carbons (Fsp3) is 0.0492. The van der Waals surface area contributed by atoms with E-state index in [1.807, 2.05) is 30.3 Å². The fourth-order valence-corrected chi connectivity index (χ4v) is 9.80. The Morgan fingerprint density at radius 1 is 0.312 bits per heavy atom. The Morgan fingerprint density at radius 2 is 0.844 bits per heavy atom. The van der Waals surface area contributed by atoms with Gasteiger partial charge in [-0.1, -0.05) is 184 Å². The predicted molar refractivity (Wildman–Crippen MR) is 265 cm³/mol. The van der Waals surface area contributed by atoms with Crippen molar-refractivity contribution in [2.24, 2.45) is 0 Å². The second-order valence-electron chi connectivity index (χ2n) is 17.4. The van der Waals surface area contributed by atoms with Crippen LogP contribution in [0.4, 0.5) is 0 Å². The van der Waals surface area contributed by atoms with Gasteiger partial charge in [0.05, 0.1) is 11.4 Å². The molecule has 0 aliphatic heterocycles. The standard InChI is InChI=1S/C61H42N2O/c1-61(2)54-23-13-11-21-50(54)52-36-43(29-31-55(52)61)39-25-27-41(28-26-39)56-38-57(63-60(62-56)42-17-7-4-8-18-42)47-34-45(44-30-32-59-53(37-44)51-22-12-14-24-58(51)64-59)33-46(35-47)49-20-10-9-19-48(49)40-15-5-3-6-16-40/h3-38H,1-2H3. The van der Waals surface area contributed by atoms with E-state index >= 15 is 0 Å². The molecule has 1 aliphatic rings. The monoisotopic (exact) mass is 818 g/mol. The average molecular weight is 819 g/mol. The van der Waals surface area contributed by atoms with Crippen LogP contribution < -0.4 is 0 Å². The molecule has 64 heavy (non-hydrogen) atoms. The van der Waals surface area contributed by atoms with Crippen LogP contribution in [0.2, 0.25) is 0 Å². The molecule has 3 heteroatoms. The third-order valence-electron chi connectivity index (χ3n) is 13.1. The molecule has 0 saturated heterocycles. The van der Waals surface area contributed by atoms with Gasteiger partial charge in [-0.3, -0.25) is 0 Å². The predicted octanol–water partition coefficient (Wildman–Crippen LogP) is 16.4. The van der Waals surface area contributed by atoms with Crippen molar-refractivity contribution in [3.8, 4) is 89.5 Å². The molecule has 1 aliphatic carbocycles. The molecule has 0 saturated carbocycles. The highest BCUT2D eigenvalue weighted by atomic mass is 16.3. The number of hydrogen-bond acceptors (Lipinski definition) is 3. The van der Waals surface area contributed by atoms with Crippen molar-refractivity contribution in [3.05, 3.63) is 230 Å². The summed E-state index contributed by atoms with van der Waals surface area (Å²) in [5.41, 5.74) is 21.0. The zero-order chi connectivity index (χ0) is 42.8. The first-order chi connectivity index (χ1) is 31.4. The summed E-state index contributed by atoms with van der Waals surface area (Å²) in [5, 5.41) is 2.20. The van der Waals surface area contributed by atoms with Gasteiger partial charge in [-0.15, -0.1) is 0 Å². The van der Waals surface area contributed by atoms with Crippen molar-refractivity contribution >= 4 is 21.9 Å². The van der Waals surface area contributed by atoms with Gasteiger partial charge in [-0.2, -0.15) is 0 Å². The molecule has 0 fully saturated rings. The highest BCUT2D eigenvalue weighted by Gasteiger charge is 2.35. The Kier molecular flexibility index (Phi) is 8.84. The van der Waals surface area contributed by atoms with E-state index in [4.69, 9.17) is 14.4 Å². The summed E-state index contributed by atoms with van der Waals surface area (Å²) in [5.74, 6) is 0.681. The number of para-hydroxylation sites is 1. The van der Waals surface area contributed by atoms with E-state index < -0.39 is 0 Å². The van der Waals surface area contributed by atoms with Gasteiger partial charge in [-0.25, -0.2) is 9.97 Å². The lowest BCUT2D eigenvalue weighted by molar-refractivity contribution is 0.660. The lowest BCUT2D eigenvalue weighted by Gasteiger charge is -2.21. The number of aromatic nitrogens is 2. The Labute approximate surface area is 373 Å². The maximum absolute atomic E-state index is 6.26. The topological polar surface area (TPSA) is 38.9 Å². The molecule has 302 valence electrons. The minimum atomic E-state index is -0.0244. The molecule has 0 spiro atoms. The van der Waals surface area contributed by atoms with E-state index in [2.05, 4.69) is 202 Å². The minimum absolute atomic E-state index is 0.0244. The van der Waals surface area contributed by atoms with Crippen molar-refractivity contribution in [2.75, 3.05) is 0 Å². The highest BCUT2D eigenvalue weighted by molar-refractivity contribution is 6.06. The molecule has 0 radical (unpaired) electrons. The smallest absolute Gasteiger partial charge is 0.160 e. The highest BCUT2D eigenvalue weighted by Crippen LogP contribution is 2.49. The molecular formula is C61H42N2O. The fourth-order valence-electron chi connectivity index (χ4n) is 9.80. The number of furan rings is 1. The summed E-state index contributed by atoms with van der Waals surface area (Å²) < 4.78 is 6.26. The second kappa shape index (κ2) is 15.0. The van der Waals surface area contributed by atoms with Gasteiger partial charge in [0, 0.05) is 32.9 Å². The molecule has 0 amide bonds. The molecule has 11 aromatic rings. The molecular weight excluding hydrogens is 777 g/mol. The summed E-state index contributed by atoms with van der Waals surface area (Å²) in [6, 6.07) is 78.0. The van der Waals surface area contributed by atoms with E-state index in [-0.39, 0.29) is 5.41 Å². The number of hydrogen-bond donors (Lipinski definition) is 0. The molecule has 2 aromatic heterocycles. The van der Waals surface area contributed by atoms with Crippen molar-refractivity contribution in [1.82, 2.24) is 9.97 Å². The second-order valence-corrected chi connectivity index (χ2v) is 17.4. The van der Waals surface area contributed by atoms with Gasteiger partial charge in [-0.05, 0) is 115 Å². The first-order valence-corrected chi connectivity index (χ1v) is 22.0. The number of fused-ring (bicyclic) bond motifs is 6. The Balaban J connectivity index is 1.01. The van der Waals surface area contributed by atoms with Crippen LogP contribution in [0.3, 0.4) is 0 Å². The summed E-state index contributed by atoms with van der Waals surface area (Å²) in [7, 11) is 0. The summed E-state index contributed by atoms with van der Waals surface area (Å²) in [4.78, 5) is 10.6. The van der Waals surface area contributed by atoms with Crippen molar-refractivity contribution < 1.29 is 4.42 Å². The van der Waals surface area contributed by atoms with Crippen LogP contribution in [-0.2, 0) is 5.41 Å². The van der Waals surface area contributed by atoms with Crippen LogP contribution in [0.25, 0.3) is 111 Å². The average Bonchev–Trinajstić information content (AvgIpc) is 3.85. The largest absolute Gasteiger partial charge is 0.456 e. The third kappa shape index (κ3) is 6.44. The van der Waals surface area contributed by atoms with Gasteiger partial charge in [0.15, 0.2) is 5.82 Å². The summed E-state index contributed by atoms with van der Waals surface area (Å²) >= 11 is 0. The molecule has 0 atom stereocenters. The normalized spacial score (nSPS) is 12.7. The van der Waals surface area contributed by atoms with E-state index in [1.165, 1.54) is 44.5 Å². The molecule has 0 unspecified atom stereocenters. The van der Waals surface area contributed by atoms with E-state index in [0.29, 0.717) is 5.82 Å². The van der Waals surface area contributed by atoms with Crippen LogP contribution in [0.15, 0.2) is 223 Å². The lowest BCUT2D eigenvalue weighted by Crippen LogP contribution is -2.14. The van der Waals surface area contributed by atoms with Crippen LogP contribution in [0.5, 0.6) is 0 Å². The number of benzene rings is 9. The molecule has 9 aromatic carbocycles. The zero-order valence-corrected chi connectivity index (χ0v) is 35.6. The van der Waals surface area contributed by atoms with Crippen molar-refractivity contribution in [1.29, 1.82) is 0 Å². The molecule has 12 rings (SSSR count). The number of nitrogens with zero attached hydrogens (tertiary/aromatic N) is 2. The van der Waals surface area contributed by atoms with Gasteiger partial charge in [0.25, 0.3) is 0 Å². The summed E-state index contributed by atoms with van der Waals surface area (Å²) in [6.07, 6.45) is 0. The SMILES string of the molecule is CC1(C)c2ccccc2-c2cc(-c3ccc(-c4cc(-c5cc(-c6ccc7oc8ccccc8c7c6)cc(-c6ccccc6-c6ccccc6)c5)nc(-c5ccccc5)n4)cc3)ccc21. The van der Waals surface area contributed by atoms with Crippen LogP contribution in [-0.4, -0.2) is 9.97 Å². The first kappa shape index (κ1) is 37.6. The number of rotatable bonds is 7. The Hall–Kier alpha value is -8.14. The minimum Gasteiger partial charge on any atom is -0.456 e. The van der Waals surface area contributed by atoms with Gasteiger partial charge < -0.3 is 4.42 Å². The Bertz CT molecular complexity index is 3560. The first-order valence-electron chi connectivity index (χ1n) is 22.0. The molecule has 0 bridgehead atoms. The quantitative estimate of drug-likeness (QED) is 0.161. The van der Waals surface area contributed by atoms with Crippen LogP contribution >= 0.6 is 0 Å². The van der Waals surface area contributed by atoms with Crippen LogP contribution in [0, 0.1) is 0 Å². The maximum atomic E-state index is 6.26. The van der Waals surface area contributed by atoms with Gasteiger partial charge in [0.2, 0.25) is 0 Å². The van der Waals surface area contributed by atoms with E-state index in [1.54, 1.807) is 0 Å².